The Bertz CT molecular complexity index is 1420. The Kier molecular flexibility index (Phi) is 5.51. The van der Waals surface area contributed by atoms with E-state index in [2.05, 4.69) is 30.9 Å². The number of nitrogens with one attached hydrogen (secondary N) is 2. The monoisotopic (exact) mass is 502 g/mol. The molecule has 178 valence electrons. The highest BCUT2D eigenvalue weighted by atomic mass is 35.5. The zero-order valence-corrected chi connectivity index (χ0v) is 18.5. The first-order chi connectivity index (χ1) is 16.7. The molecule has 2 heterocycles. The molecule has 0 aliphatic heterocycles. The molecule has 0 unspecified atom stereocenters. The Morgan fingerprint density at radius 1 is 1.11 bits per heavy atom. The van der Waals surface area contributed by atoms with E-state index < -0.39 is 23.1 Å². The maximum absolute atomic E-state index is 15.4. The van der Waals surface area contributed by atoms with Crippen molar-refractivity contribution in [3.63, 3.8) is 0 Å². The lowest BCUT2D eigenvalue weighted by molar-refractivity contribution is -0.141. The number of tetrazole rings is 1. The zero-order chi connectivity index (χ0) is 24.8. The molecule has 7 nitrogen and oxygen atoms in total. The average Bonchev–Trinajstić information content (AvgIpc) is 3.45. The van der Waals surface area contributed by atoms with Gasteiger partial charge in [0.1, 0.15) is 11.5 Å². The fourth-order valence-corrected chi connectivity index (χ4v) is 4.16. The number of aromatic amines is 1. The van der Waals surface area contributed by atoms with Crippen molar-refractivity contribution in [3.05, 3.63) is 76.8 Å². The molecule has 1 aliphatic carbocycles. The summed E-state index contributed by atoms with van der Waals surface area (Å²) in [6.45, 7) is 0. The summed E-state index contributed by atoms with van der Waals surface area (Å²) in [4.78, 5) is 16.5. The van der Waals surface area contributed by atoms with Crippen LogP contribution >= 0.6 is 11.6 Å². The third kappa shape index (κ3) is 4.34. The van der Waals surface area contributed by atoms with Crippen LogP contribution in [-0.4, -0.2) is 31.5 Å². The van der Waals surface area contributed by atoms with E-state index in [0.29, 0.717) is 17.9 Å². The van der Waals surface area contributed by atoms with Crippen LogP contribution in [-0.2, 0) is 16.4 Å². The van der Waals surface area contributed by atoms with Gasteiger partial charge in [-0.15, -0.1) is 10.2 Å². The van der Waals surface area contributed by atoms with Crippen LogP contribution in [0.25, 0.3) is 22.5 Å². The van der Waals surface area contributed by atoms with Crippen molar-refractivity contribution in [1.29, 1.82) is 0 Å². The summed E-state index contributed by atoms with van der Waals surface area (Å²) in [5.74, 6) is -1.29. The molecule has 1 amide bonds. The smallest absolute Gasteiger partial charge is 0.325 e. The fraction of sp³-hybridized carbons (Fsp3) is 0.174. The molecule has 12 heteroatoms. The summed E-state index contributed by atoms with van der Waals surface area (Å²) in [6, 6.07) is 11.4. The highest BCUT2D eigenvalue weighted by Crippen LogP contribution is 2.49. The van der Waals surface area contributed by atoms with Crippen molar-refractivity contribution in [3.8, 4) is 22.5 Å². The highest BCUT2D eigenvalue weighted by molar-refractivity contribution is 6.30. The largest absolute Gasteiger partial charge is 0.433 e. The third-order valence-corrected chi connectivity index (χ3v) is 6.07. The van der Waals surface area contributed by atoms with Crippen LogP contribution in [0.15, 0.2) is 54.7 Å². The quantitative estimate of drug-likeness (QED) is 0.356. The lowest BCUT2D eigenvalue weighted by Gasteiger charge is -2.18. The molecular formula is C23H15ClF4N6O. The van der Waals surface area contributed by atoms with Gasteiger partial charge in [0.25, 0.3) is 0 Å². The number of amides is 1. The van der Waals surface area contributed by atoms with Crippen molar-refractivity contribution in [2.24, 2.45) is 0 Å². The summed E-state index contributed by atoms with van der Waals surface area (Å²) in [5, 5.41) is 16.6. The van der Waals surface area contributed by atoms with Crippen molar-refractivity contribution < 1.29 is 22.4 Å². The van der Waals surface area contributed by atoms with Crippen LogP contribution < -0.4 is 5.32 Å². The van der Waals surface area contributed by atoms with Gasteiger partial charge in [0.2, 0.25) is 11.7 Å². The normalized spacial score (nSPS) is 14.5. The predicted molar refractivity (Wildman–Crippen MR) is 119 cm³/mol. The summed E-state index contributed by atoms with van der Waals surface area (Å²) in [6.07, 6.45) is -2.59. The van der Waals surface area contributed by atoms with Crippen molar-refractivity contribution in [2.75, 3.05) is 5.32 Å². The van der Waals surface area contributed by atoms with E-state index in [1.54, 1.807) is 24.3 Å². The second-order valence-electron chi connectivity index (χ2n) is 8.09. The zero-order valence-electron chi connectivity index (χ0n) is 17.7. The molecule has 35 heavy (non-hydrogen) atoms. The first-order valence-corrected chi connectivity index (χ1v) is 10.7. The van der Waals surface area contributed by atoms with Gasteiger partial charge in [0, 0.05) is 28.0 Å². The van der Waals surface area contributed by atoms with E-state index in [1.165, 1.54) is 12.1 Å². The summed E-state index contributed by atoms with van der Waals surface area (Å²) in [5.41, 5.74) is -1.36. The van der Waals surface area contributed by atoms with Gasteiger partial charge in [-0.25, -0.2) is 4.39 Å². The van der Waals surface area contributed by atoms with Gasteiger partial charge in [-0.3, -0.25) is 9.78 Å². The number of hydrogen-bond donors (Lipinski definition) is 2. The SMILES string of the molecule is O=C(Nc1cc(F)c(-c2ccnc(C(F)(F)F)c2)c(-c2nn[nH]n2)c1)C1(c2cccc(Cl)c2)CC1. The van der Waals surface area contributed by atoms with Crippen LogP contribution in [0.3, 0.4) is 0 Å². The molecule has 2 aromatic heterocycles. The van der Waals surface area contributed by atoms with Gasteiger partial charge in [0.05, 0.1) is 5.41 Å². The Labute approximate surface area is 200 Å². The first kappa shape index (κ1) is 22.9. The Hall–Kier alpha value is -3.86. The van der Waals surface area contributed by atoms with E-state index in [4.69, 9.17) is 11.6 Å². The summed E-state index contributed by atoms with van der Waals surface area (Å²) < 4.78 is 55.0. The molecule has 0 saturated heterocycles. The second kappa shape index (κ2) is 8.42. The van der Waals surface area contributed by atoms with Crippen molar-refractivity contribution in [1.82, 2.24) is 25.6 Å². The van der Waals surface area contributed by atoms with Gasteiger partial charge in [-0.05, 0) is 65.6 Å². The maximum Gasteiger partial charge on any atom is 0.433 e. The number of carbonyl (C=O) groups excluding carboxylic acids is 1. The number of benzene rings is 2. The molecule has 1 aliphatic rings. The minimum Gasteiger partial charge on any atom is -0.325 e. The topological polar surface area (TPSA) is 96.5 Å². The minimum atomic E-state index is -4.72. The number of hydrogen-bond acceptors (Lipinski definition) is 5. The van der Waals surface area contributed by atoms with Gasteiger partial charge in [-0.2, -0.15) is 18.4 Å². The number of nitrogens with zero attached hydrogens (tertiary/aromatic N) is 4. The Morgan fingerprint density at radius 2 is 1.91 bits per heavy atom. The molecule has 1 fully saturated rings. The van der Waals surface area contributed by atoms with Gasteiger partial charge >= 0.3 is 6.18 Å². The molecule has 1 saturated carbocycles. The van der Waals surface area contributed by atoms with Crippen LogP contribution in [0.5, 0.6) is 0 Å². The molecule has 0 bridgehead atoms. The third-order valence-electron chi connectivity index (χ3n) is 5.84. The lowest BCUT2D eigenvalue weighted by Crippen LogP contribution is -2.27. The Balaban J connectivity index is 1.55. The molecule has 2 aromatic carbocycles. The minimum absolute atomic E-state index is 0.0426. The van der Waals surface area contributed by atoms with E-state index >= 15 is 4.39 Å². The van der Waals surface area contributed by atoms with Crippen LogP contribution in [0.4, 0.5) is 23.2 Å². The van der Waals surface area contributed by atoms with Crippen LogP contribution in [0, 0.1) is 5.82 Å². The number of pyridine rings is 1. The standard InChI is InChI=1S/C23H15ClF4N6O/c24-14-3-1-2-13(9-14)22(5-6-22)21(35)30-15-10-16(20-31-33-34-32-20)19(17(25)11-15)12-4-7-29-18(8-12)23(26,27)28/h1-4,7-11H,5-6H2,(H,30,35)(H,31,32,33,34). The number of carbonyl (C=O) groups is 1. The second-order valence-corrected chi connectivity index (χ2v) is 8.53. The average molecular weight is 503 g/mol. The number of halogens is 5. The summed E-state index contributed by atoms with van der Waals surface area (Å²) in [7, 11) is 0. The Morgan fingerprint density at radius 3 is 2.57 bits per heavy atom. The van der Waals surface area contributed by atoms with Gasteiger partial charge in [0.15, 0.2) is 0 Å². The van der Waals surface area contributed by atoms with Crippen LogP contribution in [0.1, 0.15) is 24.1 Å². The number of anilines is 1. The molecule has 4 aromatic rings. The molecule has 0 atom stereocenters. The van der Waals surface area contributed by atoms with Crippen LogP contribution in [0.2, 0.25) is 5.02 Å². The molecule has 0 radical (unpaired) electrons. The van der Waals surface area contributed by atoms with Crippen molar-refractivity contribution in [2.45, 2.75) is 24.4 Å². The van der Waals surface area contributed by atoms with Gasteiger partial charge in [-0.1, -0.05) is 23.7 Å². The summed E-state index contributed by atoms with van der Waals surface area (Å²) >= 11 is 6.08. The predicted octanol–water partition coefficient (Wildman–Crippen LogP) is 5.41. The number of alkyl halides is 3. The van der Waals surface area contributed by atoms with E-state index in [-0.39, 0.29) is 34.1 Å². The number of rotatable bonds is 5. The number of H-pyrrole nitrogens is 1. The molecule has 0 spiro atoms. The lowest BCUT2D eigenvalue weighted by atomic mass is 9.94. The highest BCUT2D eigenvalue weighted by Gasteiger charge is 2.51. The maximum atomic E-state index is 15.4. The van der Waals surface area contributed by atoms with E-state index in [1.807, 2.05) is 0 Å². The fourth-order valence-electron chi connectivity index (χ4n) is 3.97. The first-order valence-electron chi connectivity index (χ1n) is 10.4. The van der Waals surface area contributed by atoms with E-state index in [9.17, 15) is 18.0 Å². The van der Waals surface area contributed by atoms with E-state index in [0.717, 1.165) is 23.9 Å². The van der Waals surface area contributed by atoms with Gasteiger partial charge < -0.3 is 5.32 Å². The molecule has 2 N–H and O–H groups in total. The molecule has 5 rings (SSSR count). The molecular weight excluding hydrogens is 488 g/mol. The van der Waals surface area contributed by atoms with Crippen molar-refractivity contribution >= 4 is 23.2 Å². The number of aromatic nitrogens is 5.